The van der Waals surface area contributed by atoms with Crippen molar-refractivity contribution in [1.29, 1.82) is 0 Å². The Balaban J connectivity index is 2.05. The van der Waals surface area contributed by atoms with Crippen LogP contribution in [0.3, 0.4) is 0 Å². The van der Waals surface area contributed by atoms with E-state index >= 15 is 0 Å². The summed E-state index contributed by atoms with van der Waals surface area (Å²) in [5, 5.41) is 5.99. The van der Waals surface area contributed by atoms with Gasteiger partial charge in [-0.15, -0.1) is 0 Å². The second-order valence-corrected chi connectivity index (χ2v) is 4.59. The highest BCUT2D eigenvalue weighted by Gasteiger charge is 2.29. The van der Waals surface area contributed by atoms with E-state index < -0.39 is 0 Å². The van der Waals surface area contributed by atoms with E-state index in [2.05, 4.69) is 10.6 Å². The smallest absolute Gasteiger partial charge is 0.229 e. The maximum absolute atomic E-state index is 13.3. The van der Waals surface area contributed by atoms with E-state index in [1.54, 1.807) is 19.1 Å². The predicted octanol–water partition coefficient (Wildman–Crippen LogP) is 2.07. The fraction of sp³-hybridized carbons (Fsp3) is 0.462. The van der Waals surface area contributed by atoms with Gasteiger partial charge in [-0.2, -0.15) is 0 Å². The molecular formula is C13H17FN2O. The highest BCUT2D eigenvalue weighted by Crippen LogP contribution is 2.19. The first-order valence-electron chi connectivity index (χ1n) is 5.88. The number of rotatable bonds is 2. The van der Waals surface area contributed by atoms with Gasteiger partial charge in [0.2, 0.25) is 5.91 Å². The number of nitrogens with one attached hydrogen (secondary N) is 2. The number of anilines is 1. The molecule has 2 atom stereocenters. The number of hydrogen-bond donors (Lipinski definition) is 2. The van der Waals surface area contributed by atoms with Crippen LogP contribution in [-0.2, 0) is 4.79 Å². The molecule has 1 heterocycles. The Kier molecular flexibility index (Phi) is 3.43. The van der Waals surface area contributed by atoms with Crippen LogP contribution < -0.4 is 10.6 Å². The molecule has 0 aliphatic carbocycles. The van der Waals surface area contributed by atoms with Crippen molar-refractivity contribution in [2.75, 3.05) is 11.9 Å². The minimum Gasteiger partial charge on any atom is -0.326 e. The van der Waals surface area contributed by atoms with Gasteiger partial charge in [0.15, 0.2) is 0 Å². The van der Waals surface area contributed by atoms with Crippen LogP contribution in [0.15, 0.2) is 18.2 Å². The SMILES string of the molecule is Cc1ccc(NC(=O)C2CCNC2C)cc1F. The summed E-state index contributed by atoms with van der Waals surface area (Å²) >= 11 is 0. The molecule has 1 aliphatic heterocycles. The summed E-state index contributed by atoms with van der Waals surface area (Å²) < 4.78 is 13.3. The third kappa shape index (κ3) is 2.64. The van der Waals surface area contributed by atoms with Crippen molar-refractivity contribution in [3.63, 3.8) is 0 Å². The molecule has 3 nitrogen and oxygen atoms in total. The fourth-order valence-corrected chi connectivity index (χ4v) is 2.12. The minimum atomic E-state index is -0.291. The molecule has 1 amide bonds. The third-order valence-corrected chi connectivity index (χ3v) is 3.30. The van der Waals surface area contributed by atoms with E-state index in [1.165, 1.54) is 6.07 Å². The number of halogens is 1. The van der Waals surface area contributed by atoms with Gasteiger partial charge in [0.05, 0.1) is 5.92 Å². The normalized spacial score (nSPS) is 23.7. The summed E-state index contributed by atoms with van der Waals surface area (Å²) in [4.78, 5) is 11.9. The quantitative estimate of drug-likeness (QED) is 0.825. The predicted molar refractivity (Wildman–Crippen MR) is 65.3 cm³/mol. The zero-order valence-electron chi connectivity index (χ0n) is 10.1. The van der Waals surface area contributed by atoms with Gasteiger partial charge in [0.25, 0.3) is 0 Å². The van der Waals surface area contributed by atoms with Gasteiger partial charge in [-0.05, 0) is 44.5 Å². The second-order valence-electron chi connectivity index (χ2n) is 4.59. The molecular weight excluding hydrogens is 219 g/mol. The first-order chi connectivity index (χ1) is 8.08. The van der Waals surface area contributed by atoms with Crippen molar-refractivity contribution < 1.29 is 9.18 Å². The summed E-state index contributed by atoms with van der Waals surface area (Å²) in [6.07, 6.45) is 0.835. The highest BCUT2D eigenvalue weighted by molar-refractivity contribution is 5.93. The summed E-state index contributed by atoms with van der Waals surface area (Å²) in [7, 11) is 0. The molecule has 1 aromatic carbocycles. The molecule has 1 fully saturated rings. The average Bonchev–Trinajstić information content (AvgIpc) is 2.70. The van der Waals surface area contributed by atoms with E-state index in [9.17, 15) is 9.18 Å². The Morgan fingerprint density at radius 2 is 2.29 bits per heavy atom. The van der Waals surface area contributed by atoms with Crippen LogP contribution in [0.1, 0.15) is 18.9 Å². The molecule has 17 heavy (non-hydrogen) atoms. The molecule has 0 aromatic heterocycles. The lowest BCUT2D eigenvalue weighted by molar-refractivity contribution is -0.119. The lowest BCUT2D eigenvalue weighted by atomic mass is 10.0. The number of amides is 1. The van der Waals surface area contributed by atoms with Gasteiger partial charge in [-0.3, -0.25) is 4.79 Å². The van der Waals surface area contributed by atoms with Crippen LogP contribution in [-0.4, -0.2) is 18.5 Å². The van der Waals surface area contributed by atoms with Gasteiger partial charge in [0, 0.05) is 11.7 Å². The average molecular weight is 236 g/mol. The van der Waals surface area contributed by atoms with Gasteiger partial charge < -0.3 is 10.6 Å². The zero-order valence-corrected chi connectivity index (χ0v) is 10.1. The Morgan fingerprint density at radius 1 is 1.53 bits per heavy atom. The highest BCUT2D eigenvalue weighted by atomic mass is 19.1. The van der Waals surface area contributed by atoms with Crippen molar-refractivity contribution in [1.82, 2.24) is 5.32 Å². The molecule has 4 heteroatoms. The van der Waals surface area contributed by atoms with Crippen molar-refractivity contribution in [3.8, 4) is 0 Å². The molecule has 2 rings (SSSR count). The van der Waals surface area contributed by atoms with Crippen LogP contribution in [0.2, 0.25) is 0 Å². The number of carbonyl (C=O) groups excluding carboxylic acids is 1. The molecule has 0 radical (unpaired) electrons. The molecule has 1 saturated heterocycles. The maximum atomic E-state index is 13.3. The summed E-state index contributed by atoms with van der Waals surface area (Å²) in [5.74, 6) is -0.356. The second kappa shape index (κ2) is 4.84. The lowest BCUT2D eigenvalue weighted by Gasteiger charge is -2.15. The molecule has 2 N–H and O–H groups in total. The molecule has 0 spiro atoms. The number of carbonyl (C=O) groups is 1. The van der Waals surface area contributed by atoms with Gasteiger partial charge in [-0.1, -0.05) is 6.07 Å². The van der Waals surface area contributed by atoms with Crippen LogP contribution in [0.25, 0.3) is 0 Å². The summed E-state index contributed by atoms with van der Waals surface area (Å²) in [6, 6.07) is 4.94. The monoisotopic (exact) mass is 236 g/mol. The minimum absolute atomic E-state index is 0.0284. The van der Waals surface area contributed by atoms with Crippen molar-refractivity contribution in [3.05, 3.63) is 29.6 Å². The maximum Gasteiger partial charge on any atom is 0.229 e. The zero-order chi connectivity index (χ0) is 12.4. The topological polar surface area (TPSA) is 41.1 Å². The molecule has 2 unspecified atom stereocenters. The molecule has 0 saturated carbocycles. The fourth-order valence-electron chi connectivity index (χ4n) is 2.12. The first kappa shape index (κ1) is 12.0. The molecule has 0 bridgehead atoms. The van der Waals surface area contributed by atoms with Crippen LogP contribution in [0.4, 0.5) is 10.1 Å². The van der Waals surface area contributed by atoms with Crippen LogP contribution in [0.5, 0.6) is 0 Å². The first-order valence-corrected chi connectivity index (χ1v) is 5.88. The number of hydrogen-bond acceptors (Lipinski definition) is 2. The van der Waals surface area contributed by atoms with Gasteiger partial charge >= 0.3 is 0 Å². The number of aryl methyl sites for hydroxylation is 1. The van der Waals surface area contributed by atoms with E-state index in [-0.39, 0.29) is 23.7 Å². The Labute approximate surface area is 100 Å². The summed E-state index contributed by atoms with van der Waals surface area (Å²) in [5.41, 5.74) is 1.11. The van der Waals surface area contributed by atoms with E-state index in [0.29, 0.717) is 11.3 Å². The van der Waals surface area contributed by atoms with Crippen molar-refractivity contribution in [2.45, 2.75) is 26.3 Å². The van der Waals surface area contributed by atoms with E-state index in [1.807, 2.05) is 6.92 Å². The Morgan fingerprint density at radius 3 is 2.88 bits per heavy atom. The van der Waals surface area contributed by atoms with Gasteiger partial charge in [-0.25, -0.2) is 4.39 Å². The van der Waals surface area contributed by atoms with Crippen molar-refractivity contribution in [2.24, 2.45) is 5.92 Å². The largest absolute Gasteiger partial charge is 0.326 e. The third-order valence-electron chi connectivity index (χ3n) is 3.30. The van der Waals surface area contributed by atoms with E-state index in [0.717, 1.165) is 13.0 Å². The molecule has 1 aliphatic rings. The van der Waals surface area contributed by atoms with Gasteiger partial charge in [0.1, 0.15) is 5.82 Å². The Hall–Kier alpha value is -1.42. The molecule has 1 aromatic rings. The van der Waals surface area contributed by atoms with E-state index in [4.69, 9.17) is 0 Å². The standard InChI is InChI=1S/C13H17FN2O/c1-8-3-4-10(7-12(8)14)16-13(17)11-5-6-15-9(11)2/h3-4,7,9,11,15H,5-6H2,1-2H3,(H,16,17). The Bertz CT molecular complexity index is 433. The van der Waals surface area contributed by atoms with Crippen LogP contribution >= 0.6 is 0 Å². The summed E-state index contributed by atoms with van der Waals surface area (Å²) in [6.45, 7) is 4.55. The molecule has 92 valence electrons. The number of benzene rings is 1. The lowest BCUT2D eigenvalue weighted by Crippen LogP contribution is -2.32. The van der Waals surface area contributed by atoms with Crippen LogP contribution in [0, 0.1) is 18.7 Å². The van der Waals surface area contributed by atoms with Crippen molar-refractivity contribution >= 4 is 11.6 Å².